The van der Waals surface area contributed by atoms with Crippen molar-refractivity contribution < 1.29 is 9.90 Å². The highest BCUT2D eigenvalue weighted by atomic mass is 79.9. The second kappa shape index (κ2) is 10.4. The molecule has 0 spiro atoms. The standard InChI is InChI=1S/C33H29BrN4O2/c1-4-5-11-30-35-25-15-12-22(32-36-26-19-23(34)13-16-28(26)37(32)3)18-29(25)38(30)27-17-14-24(21-9-7-6-8-10-21)31(20(27)2)33(39)40/h6-10,12-19H,4-5,11H2,1-3H3,(H,39,40). The molecule has 2 aromatic heterocycles. The second-order valence-corrected chi connectivity index (χ2v) is 11.0. The van der Waals surface area contributed by atoms with Gasteiger partial charge in [0.1, 0.15) is 11.6 Å². The Bertz CT molecular complexity index is 1900. The van der Waals surface area contributed by atoms with Gasteiger partial charge in [-0.3, -0.25) is 4.57 Å². The van der Waals surface area contributed by atoms with Gasteiger partial charge < -0.3 is 9.67 Å². The fourth-order valence-corrected chi connectivity index (χ4v) is 5.89. The lowest BCUT2D eigenvalue weighted by molar-refractivity contribution is 0.0697. The number of aryl methyl sites for hydroxylation is 2. The van der Waals surface area contributed by atoms with Crippen LogP contribution in [0.5, 0.6) is 0 Å². The third kappa shape index (κ3) is 4.40. The van der Waals surface area contributed by atoms with Gasteiger partial charge in [0, 0.05) is 23.5 Å². The average molecular weight is 594 g/mol. The third-order valence-corrected chi connectivity index (χ3v) is 8.05. The Kier molecular flexibility index (Phi) is 6.76. The van der Waals surface area contributed by atoms with Gasteiger partial charge in [-0.1, -0.05) is 65.7 Å². The molecule has 0 bridgehead atoms. The molecule has 40 heavy (non-hydrogen) atoms. The first kappa shape index (κ1) is 26.0. The van der Waals surface area contributed by atoms with E-state index in [1.54, 1.807) is 0 Å². The van der Waals surface area contributed by atoms with Crippen molar-refractivity contribution in [1.29, 1.82) is 0 Å². The van der Waals surface area contributed by atoms with Gasteiger partial charge in [-0.05, 0) is 72.5 Å². The van der Waals surface area contributed by atoms with Crippen LogP contribution in [0.15, 0.2) is 83.3 Å². The van der Waals surface area contributed by atoms with Crippen LogP contribution < -0.4 is 0 Å². The Morgan fingerprint density at radius 1 is 0.900 bits per heavy atom. The Morgan fingerprint density at radius 2 is 1.70 bits per heavy atom. The molecule has 6 nitrogen and oxygen atoms in total. The van der Waals surface area contributed by atoms with E-state index in [-0.39, 0.29) is 0 Å². The van der Waals surface area contributed by atoms with Crippen LogP contribution in [0.3, 0.4) is 0 Å². The van der Waals surface area contributed by atoms with Crippen molar-refractivity contribution >= 4 is 44.0 Å². The van der Waals surface area contributed by atoms with E-state index in [1.165, 1.54) is 0 Å². The molecule has 200 valence electrons. The molecule has 4 aromatic carbocycles. The summed E-state index contributed by atoms with van der Waals surface area (Å²) in [5, 5.41) is 10.3. The summed E-state index contributed by atoms with van der Waals surface area (Å²) < 4.78 is 5.23. The van der Waals surface area contributed by atoms with Gasteiger partial charge in [-0.15, -0.1) is 0 Å². The minimum atomic E-state index is -0.940. The quantitative estimate of drug-likeness (QED) is 0.202. The van der Waals surface area contributed by atoms with Gasteiger partial charge in [0.05, 0.1) is 33.3 Å². The number of imidazole rings is 2. The van der Waals surface area contributed by atoms with Crippen LogP contribution in [0.2, 0.25) is 0 Å². The fourth-order valence-electron chi connectivity index (χ4n) is 5.54. The summed E-state index contributed by atoms with van der Waals surface area (Å²) in [5.74, 6) is 0.847. The number of halogens is 1. The van der Waals surface area contributed by atoms with E-state index < -0.39 is 5.97 Å². The van der Waals surface area contributed by atoms with E-state index in [1.807, 2.05) is 74.6 Å². The summed E-state index contributed by atoms with van der Waals surface area (Å²) >= 11 is 3.55. The minimum Gasteiger partial charge on any atom is -0.478 e. The number of rotatable bonds is 7. The highest BCUT2D eigenvalue weighted by molar-refractivity contribution is 9.10. The Hall–Kier alpha value is -4.23. The Balaban J connectivity index is 1.59. The summed E-state index contributed by atoms with van der Waals surface area (Å²) in [4.78, 5) is 22.6. The number of carbonyl (C=O) groups is 1. The first-order valence-electron chi connectivity index (χ1n) is 13.4. The van der Waals surface area contributed by atoms with Crippen LogP contribution in [0.4, 0.5) is 0 Å². The second-order valence-electron chi connectivity index (χ2n) is 10.1. The molecule has 6 rings (SSSR count). The van der Waals surface area contributed by atoms with E-state index in [0.717, 1.165) is 74.3 Å². The highest BCUT2D eigenvalue weighted by Gasteiger charge is 2.22. The van der Waals surface area contributed by atoms with E-state index in [9.17, 15) is 9.90 Å². The van der Waals surface area contributed by atoms with E-state index in [0.29, 0.717) is 16.7 Å². The van der Waals surface area contributed by atoms with Crippen LogP contribution in [0.25, 0.3) is 50.3 Å². The summed E-state index contributed by atoms with van der Waals surface area (Å²) in [7, 11) is 2.03. The number of nitrogens with zero attached hydrogens (tertiary/aromatic N) is 4. The number of benzene rings is 4. The number of hydrogen-bond donors (Lipinski definition) is 1. The van der Waals surface area contributed by atoms with Gasteiger partial charge in [0.25, 0.3) is 0 Å². The van der Waals surface area contributed by atoms with Gasteiger partial charge in [-0.2, -0.15) is 0 Å². The predicted molar refractivity (Wildman–Crippen MR) is 164 cm³/mol. The molecule has 0 aliphatic heterocycles. The largest absolute Gasteiger partial charge is 0.478 e. The maximum absolute atomic E-state index is 12.6. The van der Waals surface area contributed by atoms with Crippen LogP contribution in [0.1, 0.15) is 41.5 Å². The number of aromatic carboxylic acids is 1. The molecule has 0 unspecified atom stereocenters. The minimum absolute atomic E-state index is 0.309. The topological polar surface area (TPSA) is 72.9 Å². The number of aromatic nitrogens is 4. The molecule has 0 aliphatic rings. The smallest absolute Gasteiger partial charge is 0.336 e. The fraction of sp³-hybridized carbons (Fsp3) is 0.182. The predicted octanol–water partition coefficient (Wildman–Crippen LogP) is 8.36. The van der Waals surface area contributed by atoms with E-state index >= 15 is 0 Å². The summed E-state index contributed by atoms with van der Waals surface area (Å²) in [6.07, 6.45) is 2.82. The zero-order valence-corrected chi connectivity index (χ0v) is 24.2. The molecule has 0 amide bonds. The van der Waals surface area contributed by atoms with Gasteiger partial charge in [0.2, 0.25) is 0 Å². The van der Waals surface area contributed by atoms with Gasteiger partial charge in [-0.25, -0.2) is 14.8 Å². The summed E-state index contributed by atoms with van der Waals surface area (Å²) in [6.45, 7) is 4.06. The van der Waals surface area contributed by atoms with Crippen molar-refractivity contribution in [2.24, 2.45) is 7.05 Å². The molecule has 0 radical (unpaired) electrons. The Labute approximate surface area is 241 Å². The first-order chi connectivity index (χ1) is 19.4. The van der Waals surface area contributed by atoms with Gasteiger partial charge in [0.15, 0.2) is 0 Å². The van der Waals surface area contributed by atoms with Crippen LogP contribution in [-0.4, -0.2) is 30.2 Å². The van der Waals surface area contributed by atoms with Crippen molar-refractivity contribution in [1.82, 2.24) is 19.1 Å². The maximum atomic E-state index is 12.6. The van der Waals surface area contributed by atoms with Crippen LogP contribution >= 0.6 is 15.9 Å². The zero-order chi connectivity index (χ0) is 28.0. The normalized spacial score (nSPS) is 11.5. The van der Waals surface area contributed by atoms with Crippen LogP contribution in [-0.2, 0) is 13.5 Å². The van der Waals surface area contributed by atoms with Crippen molar-refractivity contribution in [3.63, 3.8) is 0 Å². The zero-order valence-electron chi connectivity index (χ0n) is 22.6. The lowest BCUT2D eigenvalue weighted by Crippen LogP contribution is -2.09. The molecule has 2 heterocycles. The van der Waals surface area contributed by atoms with Gasteiger partial charge >= 0.3 is 5.97 Å². The highest BCUT2D eigenvalue weighted by Crippen LogP contribution is 2.34. The summed E-state index contributed by atoms with van der Waals surface area (Å²) in [5.41, 5.74) is 8.19. The van der Waals surface area contributed by atoms with Crippen molar-refractivity contribution in [3.05, 3.63) is 100 Å². The molecule has 1 N–H and O–H groups in total. The summed E-state index contributed by atoms with van der Waals surface area (Å²) in [6, 6.07) is 26.0. The van der Waals surface area contributed by atoms with E-state index in [2.05, 4.69) is 50.2 Å². The van der Waals surface area contributed by atoms with Crippen molar-refractivity contribution in [3.8, 4) is 28.2 Å². The third-order valence-electron chi connectivity index (χ3n) is 7.55. The van der Waals surface area contributed by atoms with Crippen LogP contribution in [0, 0.1) is 6.92 Å². The molecule has 6 aromatic rings. The SMILES string of the molecule is CCCCc1nc2ccc(-c3nc4cc(Br)ccc4n3C)cc2n1-c1ccc(-c2ccccc2)c(C(=O)O)c1C. The molecule has 0 saturated heterocycles. The van der Waals surface area contributed by atoms with Crippen molar-refractivity contribution in [2.75, 3.05) is 0 Å². The molecule has 7 heteroatoms. The molecule has 0 aliphatic carbocycles. The van der Waals surface area contributed by atoms with Crippen molar-refractivity contribution in [2.45, 2.75) is 33.1 Å². The first-order valence-corrected chi connectivity index (χ1v) is 14.2. The molecule has 0 atom stereocenters. The average Bonchev–Trinajstić information content (AvgIpc) is 3.48. The number of carboxylic acids is 1. The molecular formula is C33H29BrN4O2. The number of fused-ring (bicyclic) bond motifs is 2. The molecule has 0 fully saturated rings. The number of hydrogen-bond acceptors (Lipinski definition) is 3. The molecular weight excluding hydrogens is 564 g/mol. The lowest BCUT2D eigenvalue weighted by atomic mass is 9.94. The molecule has 0 saturated carbocycles. The monoisotopic (exact) mass is 592 g/mol. The lowest BCUT2D eigenvalue weighted by Gasteiger charge is -2.17. The number of unbranched alkanes of at least 4 members (excludes halogenated alkanes) is 1. The maximum Gasteiger partial charge on any atom is 0.336 e. The van der Waals surface area contributed by atoms with E-state index in [4.69, 9.17) is 9.97 Å². The number of carboxylic acid groups (broad SMARTS) is 1. The Morgan fingerprint density at radius 3 is 2.45 bits per heavy atom.